The molecule has 6 heteroatoms. The third-order valence-electron chi connectivity index (χ3n) is 5.09. The number of hydrogen-bond donors (Lipinski definition) is 0. The molecule has 0 bridgehead atoms. The van der Waals surface area contributed by atoms with Crippen molar-refractivity contribution in [2.24, 2.45) is 0 Å². The van der Waals surface area contributed by atoms with Crippen LogP contribution in [0.4, 0.5) is 0 Å². The molecular formula is C26H22O6. The van der Waals surface area contributed by atoms with Crippen LogP contribution in [0, 0.1) is 0 Å². The van der Waals surface area contributed by atoms with Gasteiger partial charge in [-0.2, -0.15) is 0 Å². The highest BCUT2D eigenvalue weighted by molar-refractivity contribution is 6.49. The van der Waals surface area contributed by atoms with E-state index in [0.29, 0.717) is 29.5 Å². The first kappa shape index (κ1) is 22.6. The maximum atomic E-state index is 12.9. The quantitative estimate of drug-likeness (QED) is 0.304. The van der Waals surface area contributed by atoms with Crippen molar-refractivity contribution in [2.75, 3.05) is 14.2 Å². The van der Waals surface area contributed by atoms with Gasteiger partial charge in [0.1, 0.15) is 0 Å². The largest absolute Gasteiger partial charge is 0.465 e. The van der Waals surface area contributed by atoms with E-state index in [1.807, 2.05) is 24.3 Å². The van der Waals surface area contributed by atoms with Gasteiger partial charge in [-0.1, -0.05) is 48.5 Å². The number of esters is 2. The summed E-state index contributed by atoms with van der Waals surface area (Å²) in [5.74, 6) is -2.16. The molecule has 32 heavy (non-hydrogen) atoms. The molecule has 0 aliphatic rings. The summed E-state index contributed by atoms with van der Waals surface area (Å²) in [6.07, 6.45) is 1.18. The fraction of sp³-hybridized carbons (Fsp3) is 0.154. The summed E-state index contributed by atoms with van der Waals surface area (Å²) in [6.45, 7) is 0. The van der Waals surface area contributed by atoms with E-state index in [-0.39, 0.29) is 5.56 Å². The lowest BCUT2D eigenvalue weighted by Crippen LogP contribution is -2.17. The molecule has 0 N–H and O–H groups in total. The Balaban J connectivity index is 1.74. The van der Waals surface area contributed by atoms with Gasteiger partial charge in [-0.25, -0.2) is 9.59 Å². The van der Waals surface area contributed by atoms with Gasteiger partial charge in [0.05, 0.1) is 25.3 Å². The minimum Gasteiger partial charge on any atom is -0.465 e. The molecule has 0 fully saturated rings. The van der Waals surface area contributed by atoms with Crippen LogP contribution in [-0.2, 0) is 22.3 Å². The molecule has 0 aliphatic heterocycles. The number of ether oxygens (including phenoxy) is 2. The number of ketones is 2. The molecule has 0 aliphatic carbocycles. The van der Waals surface area contributed by atoms with Crippen molar-refractivity contribution in [3.05, 3.63) is 106 Å². The summed E-state index contributed by atoms with van der Waals surface area (Å²) >= 11 is 0. The summed E-state index contributed by atoms with van der Waals surface area (Å²) in [4.78, 5) is 48.8. The van der Waals surface area contributed by atoms with Crippen molar-refractivity contribution in [2.45, 2.75) is 12.8 Å². The van der Waals surface area contributed by atoms with E-state index in [4.69, 9.17) is 4.74 Å². The van der Waals surface area contributed by atoms with Crippen LogP contribution in [0.25, 0.3) is 0 Å². The number of hydrogen-bond acceptors (Lipinski definition) is 6. The smallest absolute Gasteiger partial charge is 0.337 e. The van der Waals surface area contributed by atoms with Crippen molar-refractivity contribution in [1.29, 1.82) is 0 Å². The normalized spacial score (nSPS) is 10.3. The fourth-order valence-electron chi connectivity index (χ4n) is 3.29. The third kappa shape index (κ3) is 5.16. The standard InChI is InChI=1S/C26H22O6/c1-31-25(29)20-11-8-17(9-12-20)7-10-18-5-3-4-6-22(18)24(28)23(27)19-13-15-21(16-14-19)26(30)32-2/h3-6,8-9,11-16H,7,10H2,1-2H3. The van der Waals surface area contributed by atoms with Crippen molar-refractivity contribution in [3.63, 3.8) is 0 Å². The fourth-order valence-corrected chi connectivity index (χ4v) is 3.29. The summed E-state index contributed by atoms with van der Waals surface area (Å²) in [7, 11) is 2.61. The lowest BCUT2D eigenvalue weighted by molar-refractivity contribution is 0.0592. The van der Waals surface area contributed by atoms with Crippen LogP contribution in [0.3, 0.4) is 0 Å². The van der Waals surface area contributed by atoms with Gasteiger partial charge in [0.25, 0.3) is 0 Å². The Labute approximate surface area is 185 Å². The van der Waals surface area contributed by atoms with E-state index in [2.05, 4.69) is 4.74 Å². The van der Waals surface area contributed by atoms with Gasteiger partial charge < -0.3 is 9.47 Å². The van der Waals surface area contributed by atoms with Crippen molar-refractivity contribution in [3.8, 4) is 0 Å². The molecule has 0 saturated heterocycles. The van der Waals surface area contributed by atoms with Crippen LogP contribution in [0.15, 0.2) is 72.8 Å². The van der Waals surface area contributed by atoms with Crippen LogP contribution in [-0.4, -0.2) is 37.7 Å². The molecule has 6 nitrogen and oxygen atoms in total. The van der Waals surface area contributed by atoms with Crippen molar-refractivity contribution >= 4 is 23.5 Å². The first-order valence-electron chi connectivity index (χ1n) is 9.97. The van der Waals surface area contributed by atoms with E-state index in [1.165, 1.54) is 38.5 Å². The Hall–Kier alpha value is -4.06. The van der Waals surface area contributed by atoms with Gasteiger partial charge >= 0.3 is 11.9 Å². The van der Waals surface area contributed by atoms with Gasteiger partial charge in [-0.15, -0.1) is 0 Å². The van der Waals surface area contributed by atoms with Crippen LogP contribution < -0.4 is 0 Å². The lowest BCUT2D eigenvalue weighted by atomic mass is 9.93. The van der Waals surface area contributed by atoms with E-state index >= 15 is 0 Å². The number of benzene rings is 3. The molecule has 0 amide bonds. The summed E-state index contributed by atoms with van der Waals surface area (Å²) in [6, 6.07) is 19.9. The lowest BCUT2D eigenvalue weighted by Gasteiger charge is -2.09. The molecular weight excluding hydrogens is 408 g/mol. The van der Waals surface area contributed by atoms with Crippen LogP contribution in [0.5, 0.6) is 0 Å². The molecule has 162 valence electrons. The maximum absolute atomic E-state index is 12.9. The predicted molar refractivity (Wildman–Crippen MR) is 118 cm³/mol. The molecule has 3 aromatic carbocycles. The number of rotatable bonds is 8. The molecule has 0 unspecified atom stereocenters. The number of carbonyl (C=O) groups is 4. The minimum atomic E-state index is -0.642. The zero-order valence-electron chi connectivity index (χ0n) is 17.8. The zero-order valence-corrected chi connectivity index (χ0v) is 17.8. The predicted octanol–water partition coefficient (Wildman–Crippen LogP) is 4.11. The highest BCUT2D eigenvalue weighted by Gasteiger charge is 2.21. The number of methoxy groups -OCH3 is 2. The van der Waals surface area contributed by atoms with Gasteiger partial charge in [0.15, 0.2) is 0 Å². The Morgan fingerprint density at radius 3 is 1.66 bits per heavy atom. The zero-order chi connectivity index (χ0) is 23.1. The summed E-state index contributed by atoms with van der Waals surface area (Å²) in [5, 5.41) is 0. The molecule has 0 radical (unpaired) electrons. The number of aryl methyl sites for hydroxylation is 2. The first-order valence-corrected chi connectivity index (χ1v) is 9.97. The van der Waals surface area contributed by atoms with Crippen LogP contribution >= 0.6 is 0 Å². The first-order chi connectivity index (χ1) is 15.4. The van der Waals surface area contributed by atoms with E-state index in [0.717, 1.165) is 11.1 Å². The molecule has 0 saturated carbocycles. The average Bonchev–Trinajstić information content (AvgIpc) is 2.86. The van der Waals surface area contributed by atoms with Crippen molar-refractivity contribution < 1.29 is 28.7 Å². The van der Waals surface area contributed by atoms with Crippen LogP contribution in [0.1, 0.15) is 52.6 Å². The Bertz CT molecular complexity index is 1140. The Kier molecular flexibility index (Phi) is 7.29. The topological polar surface area (TPSA) is 86.7 Å². The van der Waals surface area contributed by atoms with E-state index < -0.39 is 23.5 Å². The highest BCUT2D eigenvalue weighted by atomic mass is 16.5. The molecule has 3 rings (SSSR count). The van der Waals surface area contributed by atoms with Gasteiger partial charge in [0.2, 0.25) is 11.6 Å². The van der Waals surface area contributed by atoms with Gasteiger partial charge in [0, 0.05) is 11.1 Å². The third-order valence-corrected chi connectivity index (χ3v) is 5.09. The average molecular weight is 430 g/mol. The maximum Gasteiger partial charge on any atom is 0.337 e. The second-order valence-corrected chi connectivity index (χ2v) is 7.07. The molecule has 0 aromatic heterocycles. The second kappa shape index (κ2) is 10.3. The van der Waals surface area contributed by atoms with Crippen molar-refractivity contribution in [1.82, 2.24) is 0 Å². The molecule has 0 atom stereocenters. The second-order valence-electron chi connectivity index (χ2n) is 7.07. The Morgan fingerprint density at radius 2 is 1.09 bits per heavy atom. The molecule has 0 heterocycles. The monoisotopic (exact) mass is 430 g/mol. The minimum absolute atomic E-state index is 0.204. The number of carbonyl (C=O) groups excluding carboxylic acids is 4. The summed E-state index contributed by atoms with van der Waals surface area (Å²) in [5.41, 5.74) is 3.07. The highest BCUT2D eigenvalue weighted by Crippen LogP contribution is 2.17. The van der Waals surface area contributed by atoms with E-state index in [9.17, 15) is 19.2 Å². The van der Waals surface area contributed by atoms with Crippen LogP contribution in [0.2, 0.25) is 0 Å². The number of Topliss-reactive ketones (excluding diaryl/α,β-unsaturated/α-hetero) is 2. The van der Waals surface area contributed by atoms with E-state index in [1.54, 1.807) is 24.3 Å². The summed E-state index contributed by atoms with van der Waals surface area (Å²) < 4.78 is 9.34. The molecule has 3 aromatic rings. The Morgan fingerprint density at radius 1 is 0.594 bits per heavy atom. The molecule has 0 spiro atoms. The SMILES string of the molecule is COC(=O)c1ccc(CCc2ccccc2C(=O)C(=O)c2ccc(C(=O)OC)cc2)cc1. The van der Waals surface area contributed by atoms with Gasteiger partial charge in [-0.3, -0.25) is 9.59 Å². The van der Waals surface area contributed by atoms with Gasteiger partial charge in [-0.05, 0) is 48.2 Å².